The highest BCUT2D eigenvalue weighted by molar-refractivity contribution is 6.29. The second kappa shape index (κ2) is 4.20. The van der Waals surface area contributed by atoms with Crippen molar-refractivity contribution in [1.29, 1.82) is 0 Å². The first-order chi connectivity index (χ1) is 9.54. The van der Waals surface area contributed by atoms with Crippen molar-refractivity contribution in [2.45, 2.75) is 6.92 Å². The van der Waals surface area contributed by atoms with Crippen molar-refractivity contribution in [3.05, 3.63) is 58.1 Å². The Labute approximate surface area is 115 Å². The predicted octanol–water partition coefficient (Wildman–Crippen LogP) is 2.48. The molecule has 2 aromatic rings. The highest BCUT2D eigenvalue weighted by Crippen LogP contribution is 2.35. The molecule has 0 heterocycles. The van der Waals surface area contributed by atoms with Gasteiger partial charge in [-0.05, 0) is 36.8 Å². The maximum Gasteiger partial charge on any atom is 0.198 e. The third-order valence-electron chi connectivity index (χ3n) is 3.57. The number of fused-ring (bicyclic) bond motifs is 2. The number of ether oxygens (including phenoxy) is 1. The maximum absolute atomic E-state index is 12.5. The second-order valence-electron chi connectivity index (χ2n) is 4.72. The van der Waals surface area contributed by atoms with Gasteiger partial charge >= 0.3 is 0 Å². The van der Waals surface area contributed by atoms with Crippen molar-refractivity contribution in [1.82, 2.24) is 0 Å². The molecule has 1 aliphatic carbocycles. The van der Waals surface area contributed by atoms with Crippen molar-refractivity contribution in [2.24, 2.45) is 0 Å². The molecule has 0 saturated carbocycles. The van der Waals surface area contributed by atoms with Crippen LogP contribution in [0, 0.1) is 6.92 Å². The predicted molar refractivity (Wildman–Crippen MR) is 72.7 cm³/mol. The summed E-state index contributed by atoms with van der Waals surface area (Å²) >= 11 is 0. The Balaban J connectivity index is 2.31. The number of methoxy groups -OCH3 is 1. The Morgan fingerprint density at radius 2 is 1.65 bits per heavy atom. The van der Waals surface area contributed by atoms with Gasteiger partial charge in [0.25, 0.3) is 0 Å². The average Bonchev–Trinajstić information content (AvgIpc) is 2.47. The molecule has 1 N–H and O–H groups in total. The van der Waals surface area contributed by atoms with Crippen molar-refractivity contribution in [2.75, 3.05) is 7.11 Å². The van der Waals surface area contributed by atoms with E-state index >= 15 is 0 Å². The Bertz CT molecular complexity index is 759. The van der Waals surface area contributed by atoms with E-state index in [9.17, 15) is 14.7 Å². The molecule has 0 unspecified atom stereocenters. The molecule has 0 amide bonds. The first-order valence-corrected chi connectivity index (χ1v) is 6.14. The minimum atomic E-state index is -0.352. The third kappa shape index (κ3) is 1.54. The SMILES string of the molecule is COc1ccc2c(c1)C(=O)c1c(ccc(C)c1O)C2=O. The smallest absolute Gasteiger partial charge is 0.198 e. The monoisotopic (exact) mass is 268 g/mol. The zero-order valence-electron chi connectivity index (χ0n) is 11.1. The molecule has 0 atom stereocenters. The molecule has 0 saturated heterocycles. The molecule has 100 valence electrons. The summed E-state index contributed by atoms with van der Waals surface area (Å²) in [6.07, 6.45) is 0. The maximum atomic E-state index is 12.5. The van der Waals surface area contributed by atoms with Crippen molar-refractivity contribution < 1.29 is 19.4 Å². The van der Waals surface area contributed by atoms with Gasteiger partial charge in [-0.3, -0.25) is 9.59 Å². The number of phenolic OH excluding ortho intramolecular Hbond substituents is 1. The van der Waals surface area contributed by atoms with E-state index in [0.29, 0.717) is 16.9 Å². The van der Waals surface area contributed by atoms with Crippen LogP contribution in [0.15, 0.2) is 30.3 Å². The number of hydrogen-bond acceptors (Lipinski definition) is 4. The van der Waals surface area contributed by atoms with Crippen LogP contribution >= 0.6 is 0 Å². The molecule has 2 aromatic carbocycles. The zero-order chi connectivity index (χ0) is 14.4. The number of aryl methyl sites for hydroxylation is 1. The van der Waals surface area contributed by atoms with Crippen LogP contribution in [0.25, 0.3) is 0 Å². The number of rotatable bonds is 1. The van der Waals surface area contributed by atoms with Gasteiger partial charge in [0.15, 0.2) is 11.6 Å². The highest BCUT2D eigenvalue weighted by atomic mass is 16.5. The molecular formula is C16H12O4. The van der Waals surface area contributed by atoms with Crippen molar-refractivity contribution in [3.8, 4) is 11.5 Å². The fraction of sp³-hybridized carbons (Fsp3) is 0.125. The zero-order valence-corrected chi connectivity index (χ0v) is 11.1. The van der Waals surface area contributed by atoms with Crippen LogP contribution in [0.1, 0.15) is 37.4 Å². The lowest BCUT2D eigenvalue weighted by Crippen LogP contribution is -2.21. The Kier molecular flexibility index (Phi) is 2.61. The minimum Gasteiger partial charge on any atom is -0.507 e. The van der Waals surface area contributed by atoms with Crippen LogP contribution in [0.3, 0.4) is 0 Å². The van der Waals surface area contributed by atoms with Gasteiger partial charge in [0.2, 0.25) is 0 Å². The summed E-state index contributed by atoms with van der Waals surface area (Å²) in [5.74, 6) is -0.239. The van der Waals surface area contributed by atoms with Crippen LogP contribution in [0.5, 0.6) is 11.5 Å². The standard InChI is InChI=1S/C16H12O4/c1-8-3-5-11-13(14(8)17)16(19)12-7-9(20-2)4-6-10(12)15(11)18/h3-7,17H,1-2H3. The Hall–Kier alpha value is -2.62. The number of aromatic hydroxyl groups is 1. The van der Waals surface area contributed by atoms with Gasteiger partial charge in [-0.25, -0.2) is 0 Å². The van der Waals surface area contributed by atoms with Gasteiger partial charge in [-0.15, -0.1) is 0 Å². The van der Waals surface area contributed by atoms with E-state index in [4.69, 9.17) is 4.74 Å². The van der Waals surface area contributed by atoms with E-state index in [-0.39, 0.29) is 34.0 Å². The lowest BCUT2D eigenvalue weighted by atomic mass is 9.82. The minimum absolute atomic E-state index is 0.0794. The van der Waals surface area contributed by atoms with Crippen LogP contribution in [-0.4, -0.2) is 23.8 Å². The first kappa shape index (κ1) is 12.4. The summed E-state index contributed by atoms with van der Waals surface area (Å²) < 4.78 is 5.08. The summed E-state index contributed by atoms with van der Waals surface area (Å²) in [4.78, 5) is 24.9. The molecule has 3 rings (SSSR count). The van der Waals surface area contributed by atoms with Crippen LogP contribution in [0.4, 0.5) is 0 Å². The molecule has 0 aromatic heterocycles. The Morgan fingerprint density at radius 3 is 2.35 bits per heavy atom. The molecule has 0 radical (unpaired) electrons. The van der Waals surface area contributed by atoms with Crippen molar-refractivity contribution >= 4 is 11.6 Å². The third-order valence-corrected chi connectivity index (χ3v) is 3.57. The van der Waals surface area contributed by atoms with E-state index in [1.807, 2.05) is 0 Å². The number of ketones is 2. The van der Waals surface area contributed by atoms with Gasteiger partial charge in [0.1, 0.15) is 11.5 Å². The topological polar surface area (TPSA) is 63.6 Å². The fourth-order valence-corrected chi connectivity index (χ4v) is 2.43. The Morgan fingerprint density at radius 1 is 0.950 bits per heavy atom. The van der Waals surface area contributed by atoms with Crippen LogP contribution < -0.4 is 4.74 Å². The average molecular weight is 268 g/mol. The normalized spacial score (nSPS) is 12.9. The molecule has 0 fully saturated rings. The lowest BCUT2D eigenvalue weighted by Gasteiger charge is -2.19. The molecule has 4 heteroatoms. The summed E-state index contributed by atoms with van der Waals surface area (Å²) in [5, 5.41) is 10.1. The van der Waals surface area contributed by atoms with Crippen LogP contribution in [0.2, 0.25) is 0 Å². The summed E-state index contributed by atoms with van der Waals surface area (Å²) in [7, 11) is 1.49. The molecule has 1 aliphatic rings. The molecule has 0 bridgehead atoms. The number of carbonyl (C=O) groups is 2. The van der Waals surface area contributed by atoms with Gasteiger partial charge in [0.05, 0.1) is 12.7 Å². The molecule has 0 aliphatic heterocycles. The second-order valence-corrected chi connectivity index (χ2v) is 4.72. The van der Waals surface area contributed by atoms with Gasteiger partial charge in [-0.1, -0.05) is 6.07 Å². The van der Waals surface area contributed by atoms with Crippen molar-refractivity contribution in [3.63, 3.8) is 0 Å². The summed E-state index contributed by atoms with van der Waals surface area (Å²) in [6.45, 7) is 1.69. The number of benzene rings is 2. The summed E-state index contributed by atoms with van der Waals surface area (Å²) in [6, 6.07) is 7.96. The number of hydrogen-bond donors (Lipinski definition) is 1. The van der Waals surface area contributed by atoms with Gasteiger partial charge in [-0.2, -0.15) is 0 Å². The van der Waals surface area contributed by atoms with Gasteiger partial charge in [0, 0.05) is 16.7 Å². The molecule has 4 nitrogen and oxygen atoms in total. The van der Waals surface area contributed by atoms with E-state index in [2.05, 4.69) is 0 Å². The first-order valence-electron chi connectivity index (χ1n) is 6.14. The summed E-state index contributed by atoms with van der Waals surface area (Å²) in [5.41, 5.74) is 1.50. The van der Waals surface area contributed by atoms with Gasteiger partial charge < -0.3 is 9.84 Å². The van der Waals surface area contributed by atoms with E-state index in [1.165, 1.54) is 13.2 Å². The molecule has 20 heavy (non-hydrogen) atoms. The van der Waals surface area contributed by atoms with E-state index < -0.39 is 0 Å². The molecule has 0 spiro atoms. The largest absolute Gasteiger partial charge is 0.507 e. The fourth-order valence-electron chi connectivity index (χ4n) is 2.43. The number of phenols is 1. The highest BCUT2D eigenvalue weighted by Gasteiger charge is 2.32. The van der Waals surface area contributed by atoms with E-state index in [1.54, 1.807) is 31.2 Å². The quantitative estimate of drug-likeness (QED) is 0.736. The number of carbonyl (C=O) groups excluding carboxylic acids is 2. The van der Waals surface area contributed by atoms with E-state index in [0.717, 1.165) is 0 Å². The van der Waals surface area contributed by atoms with Crippen LogP contribution in [-0.2, 0) is 0 Å². The lowest BCUT2D eigenvalue weighted by molar-refractivity contribution is 0.0976. The molecular weight excluding hydrogens is 256 g/mol.